The number of nitrogens with two attached hydrogens (primary N) is 1. The average molecular weight is 360 g/mol. The Morgan fingerprint density at radius 1 is 1.30 bits per heavy atom. The number of methoxy groups -OCH3 is 1. The molecule has 0 heterocycles. The Hall–Kier alpha value is -1.14. The zero-order valence-corrected chi connectivity index (χ0v) is 13.0. The first-order chi connectivity index (χ1) is 9.56. The van der Waals surface area contributed by atoms with Crippen molar-refractivity contribution in [3.63, 3.8) is 0 Å². The molecular weight excluding hydrogens is 347 g/mol. The molecule has 0 bridgehead atoms. The Balaban J connectivity index is 2.51. The highest BCUT2D eigenvalue weighted by Crippen LogP contribution is 2.33. The lowest BCUT2D eigenvalue weighted by Gasteiger charge is -2.20. The third-order valence-electron chi connectivity index (χ3n) is 2.95. The smallest absolute Gasteiger partial charge is 0.137 e. The Kier molecular flexibility index (Phi) is 4.99. The summed E-state index contributed by atoms with van der Waals surface area (Å²) in [5.74, 6) is 5.96. The first-order valence-electron chi connectivity index (χ1n) is 5.81. The van der Waals surface area contributed by atoms with Gasteiger partial charge in [-0.05, 0) is 51.8 Å². The maximum absolute atomic E-state index is 13.3. The Morgan fingerprint density at radius 2 is 2.05 bits per heavy atom. The average Bonchev–Trinajstić information content (AvgIpc) is 2.44. The van der Waals surface area contributed by atoms with Gasteiger partial charge in [-0.15, -0.1) is 0 Å². The van der Waals surface area contributed by atoms with E-state index in [0.717, 1.165) is 11.1 Å². The third-order valence-corrected chi connectivity index (χ3v) is 3.79. The second-order valence-electron chi connectivity index (χ2n) is 4.16. The summed E-state index contributed by atoms with van der Waals surface area (Å²) < 4.78 is 19.0. The van der Waals surface area contributed by atoms with Crippen LogP contribution in [0, 0.1) is 5.82 Å². The zero-order chi connectivity index (χ0) is 14.7. The lowest BCUT2D eigenvalue weighted by molar-refractivity contribution is 0.404. The van der Waals surface area contributed by atoms with Crippen molar-refractivity contribution in [1.82, 2.24) is 5.43 Å². The number of halogens is 3. The van der Waals surface area contributed by atoms with Crippen LogP contribution in [-0.4, -0.2) is 7.11 Å². The number of hydrazine groups is 1. The monoisotopic (exact) mass is 358 g/mol. The second kappa shape index (κ2) is 6.54. The molecule has 0 aliphatic heterocycles. The van der Waals surface area contributed by atoms with Crippen LogP contribution >= 0.6 is 27.5 Å². The first kappa shape index (κ1) is 15.3. The number of nitrogens with one attached hydrogen (secondary N) is 1. The summed E-state index contributed by atoms with van der Waals surface area (Å²) in [6.45, 7) is 0. The van der Waals surface area contributed by atoms with E-state index in [-0.39, 0.29) is 11.9 Å². The summed E-state index contributed by atoms with van der Waals surface area (Å²) in [6, 6.07) is 9.60. The highest BCUT2D eigenvalue weighted by molar-refractivity contribution is 9.10. The van der Waals surface area contributed by atoms with E-state index in [0.29, 0.717) is 15.2 Å². The van der Waals surface area contributed by atoms with Crippen LogP contribution < -0.4 is 16.0 Å². The molecule has 1 unspecified atom stereocenters. The number of ether oxygens (including phenoxy) is 1. The molecule has 2 aromatic rings. The number of benzene rings is 2. The fourth-order valence-electron chi connectivity index (χ4n) is 1.99. The molecule has 0 saturated carbocycles. The Morgan fingerprint density at radius 3 is 2.65 bits per heavy atom. The maximum Gasteiger partial charge on any atom is 0.137 e. The number of hydrogen-bond donors (Lipinski definition) is 2. The highest BCUT2D eigenvalue weighted by Gasteiger charge is 2.18. The van der Waals surface area contributed by atoms with Crippen molar-refractivity contribution in [2.75, 3.05) is 7.11 Å². The molecule has 0 spiro atoms. The molecule has 0 aromatic heterocycles. The van der Waals surface area contributed by atoms with Crippen LogP contribution in [0.4, 0.5) is 4.39 Å². The van der Waals surface area contributed by atoms with Crippen LogP contribution in [0.1, 0.15) is 17.2 Å². The van der Waals surface area contributed by atoms with Crippen molar-refractivity contribution in [2.45, 2.75) is 6.04 Å². The molecule has 3 nitrogen and oxygen atoms in total. The van der Waals surface area contributed by atoms with Crippen LogP contribution in [0.5, 0.6) is 5.75 Å². The summed E-state index contributed by atoms with van der Waals surface area (Å²) in [7, 11) is 1.57. The van der Waals surface area contributed by atoms with E-state index < -0.39 is 0 Å². The summed E-state index contributed by atoms with van der Waals surface area (Å²) in [4.78, 5) is 0. The predicted octanol–water partition coefficient (Wildman–Crippen LogP) is 3.80. The predicted molar refractivity (Wildman–Crippen MR) is 81.3 cm³/mol. The van der Waals surface area contributed by atoms with Crippen LogP contribution in [-0.2, 0) is 0 Å². The van der Waals surface area contributed by atoms with Crippen LogP contribution in [0.15, 0.2) is 40.9 Å². The third kappa shape index (κ3) is 3.12. The van der Waals surface area contributed by atoms with Gasteiger partial charge in [0.25, 0.3) is 0 Å². The SMILES string of the molecule is COc1ccc(Cl)cc1C(NN)c1ccc(F)c(Br)c1. The minimum Gasteiger partial charge on any atom is -0.496 e. The van der Waals surface area contributed by atoms with Gasteiger partial charge in [-0.25, -0.2) is 9.82 Å². The number of rotatable bonds is 4. The maximum atomic E-state index is 13.3. The molecule has 3 N–H and O–H groups in total. The minimum absolute atomic E-state index is 0.331. The molecule has 20 heavy (non-hydrogen) atoms. The molecule has 1 atom stereocenters. The molecule has 6 heteroatoms. The molecular formula is C14H13BrClFN2O. The molecule has 2 aromatic carbocycles. The van der Waals surface area contributed by atoms with Gasteiger partial charge in [-0.2, -0.15) is 0 Å². The standard InChI is InChI=1S/C14H13BrClFN2O/c1-20-13-5-3-9(16)7-10(13)14(19-18)8-2-4-12(17)11(15)6-8/h2-7,14,19H,18H2,1H3. The molecule has 0 fully saturated rings. The molecule has 0 aliphatic rings. The van der Waals surface area contributed by atoms with Crippen LogP contribution in [0.3, 0.4) is 0 Å². The summed E-state index contributed by atoms with van der Waals surface area (Å²) in [5, 5.41) is 0.572. The van der Waals surface area contributed by atoms with Gasteiger partial charge >= 0.3 is 0 Å². The lowest BCUT2D eigenvalue weighted by atomic mass is 9.98. The normalized spacial score (nSPS) is 12.2. The van der Waals surface area contributed by atoms with Crippen molar-refractivity contribution >= 4 is 27.5 Å². The van der Waals surface area contributed by atoms with E-state index >= 15 is 0 Å². The summed E-state index contributed by atoms with van der Waals surface area (Å²) >= 11 is 9.19. The molecule has 0 saturated heterocycles. The Labute approximate surface area is 130 Å². The van der Waals surface area contributed by atoms with Gasteiger partial charge in [0.05, 0.1) is 17.6 Å². The van der Waals surface area contributed by atoms with E-state index in [2.05, 4.69) is 21.4 Å². The van der Waals surface area contributed by atoms with Gasteiger partial charge in [0.2, 0.25) is 0 Å². The van der Waals surface area contributed by atoms with Crippen LogP contribution in [0.25, 0.3) is 0 Å². The minimum atomic E-state index is -0.361. The lowest BCUT2D eigenvalue weighted by Crippen LogP contribution is -2.29. The number of hydrogen-bond acceptors (Lipinski definition) is 3. The van der Waals surface area contributed by atoms with Crippen molar-refractivity contribution < 1.29 is 9.13 Å². The fourth-order valence-corrected chi connectivity index (χ4v) is 2.57. The van der Waals surface area contributed by atoms with E-state index in [1.54, 1.807) is 37.4 Å². The van der Waals surface area contributed by atoms with Gasteiger partial charge in [0.15, 0.2) is 0 Å². The van der Waals surface area contributed by atoms with E-state index in [4.69, 9.17) is 22.2 Å². The van der Waals surface area contributed by atoms with Gasteiger partial charge in [-0.1, -0.05) is 17.7 Å². The quantitative estimate of drug-likeness (QED) is 0.645. The van der Waals surface area contributed by atoms with Gasteiger partial charge in [-0.3, -0.25) is 5.84 Å². The van der Waals surface area contributed by atoms with Gasteiger partial charge < -0.3 is 4.74 Å². The first-order valence-corrected chi connectivity index (χ1v) is 6.98. The van der Waals surface area contributed by atoms with Gasteiger partial charge in [0.1, 0.15) is 11.6 Å². The van der Waals surface area contributed by atoms with Crippen molar-refractivity contribution in [2.24, 2.45) is 5.84 Å². The van der Waals surface area contributed by atoms with Crippen molar-refractivity contribution in [3.05, 3.63) is 62.8 Å². The van der Waals surface area contributed by atoms with E-state index in [1.807, 2.05) is 0 Å². The molecule has 0 aliphatic carbocycles. The molecule has 2 rings (SSSR count). The Bertz CT molecular complexity index is 624. The van der Waals surface area contributed by atoms with E-state index in [1.165, 1.54) is 6.07 Å². The largest absolute Gasteiger partial charge is 0.496 e. The molecule has 0 amide bonds. The zero-order valence-electron chi connectivity index (χ0n) is 10.7. The summed E-state index contributed by atoms with van der Waals surface area (Å²) in [6.07, 6.45) is 0. The highest BCUT2D eigenvalue weighted by atomic mass is 79.9. The van der Waals surface area contributed by atoms with Gasteiger partial charge in [0, 0.05) is 10.6 Å². The fraction of sp³-hybridized carbons (Fsp3) is 0.143. The second-order valence-corrected chi connectivity index (χ2v) is 5.45. The van der Waals surface area contributed by atoms with Crippen LogP contribution in [0.2, 0.25) is 5.02 Å². The van der Waals surface area contributed by atoms with E-state index in [9.17, 15) is 4.39 Å². The summed E-state index contributed by atoms with van der Waals surface area (Å²) in [5.41, 5.74) is 4.27. The molecule has 106 valence electrons. The topological polar surface area (TPSA) is 47.3 Å². The van der Waals surface area contributed by atoms with Crippen molar-refractivity contribution in [1.29, 1.82) is 0 Å². The van der Waals surface area contributed by atoms with Crippen molar-refractivity contribution in [3.8, 4) is 5.75 Å². The molecule has 0 radical (unpaired) electrons.